The van der Waals surface area contributed by atoms with Crippen molar-refractivity contribution in [3.8, 4) is 0 Å². The predicted octanol–water partition coefficient (Wildman–Crippen LogP) is -2.18. The summed E-state index contributed by atoms with van der Waals surface area (Å²) in [5.41, 5.74) is 0. The number of hydrogen-bond donors (Lipinski definition) is 4. The third kappa shape index (κ3) is 4.99. The van der Waals surface area contributed by atoms with Gasteiger partial charge in [-0.15, -0.1) is 0 Å². The third-order valence-corrected chi connectivity index (χ3v) is 2.71. The predicted molar refractivity (Wildman–Crippen MR) is 67.2 cm³/mol. The van der Waals surface area contributed by atoms with Crippen molar-refractivity contribution in [3.63, 3.8) is 0 Å². The molecule has 0 saturated carbocycles. The molecule has 1 aliphatic heterocycles. The lowest BCUT2D eigenvalue weighted by Gasteiger charge is -2.25. The van der Waals surface area contributed by atoms with Gasteiger partial charge in [0.05, 0.1) is 12.6 Å². The van der Waals surface area contributed by atoms with Crippen molar-refractivity contribution in [3.05, 3.63) is 0 Å². The molecule has 0 aromatic carbocycles. The van der Waals surface area contributed by atoms with E-state index in [2.05, 4.69) is 21.3 Å². The van der Waals surface area contributed by atoms with Crippen molar-refractivity contribution in [1.29, 1.82) is 0 Å². The van der Waals surface area contributed by atoms with Gasteiger partial charge in [0.2, 0.25) is 11.8 Å². The maximum atomic E-state index is 11.8. The lowest BCUT2D eigenvalue weighted by Crippen LogP contribution is -2.58. The van der Waals surface area contributed by atoms with Gasteiger partial charge >= 0.3 is 0 Å². The van der Waals surface area contributed by atoms with Gasteiger partial charge in [0.1, 0.15) is 6.04 Å². The number of hydrogen-bond acceptors (Lipinski definition) is 5. The van der Waals surface area contributed by atoms with Crippen molar-refractivity contribution >= 4 is 11.8 Å². The molecule has 2 atom stereocenters. The van der Waals surface area contributed by atoms with Gasteiger partial charge in [-0.2, -0.15) is 0 Å². The monoisotopic (exact) mass is 258 g/mol. The maximum absolute atomic E-state index is 11.8. The molecule has 7 heteroatoms. The number of methoxy groups -OCH3 is 1. The Morgan fingerprint density at radius 3 is 2.83 bits per heavy atom. The number of ether oxygens (including phenoxy) is 1. The first-order valence-electron chi connectivity index (χ1n) is 6.16. The highest BCUT2D eigenvalue weighted by Gasteiger charge is 2.23. The summed E-state index contributed by atoms with van der Waals surface area (Å²) in [7, 11) is 1.57. The zero-order valence-corrected chi connectivity index (χ0v) is 10.9. The van der Waals surface area contributed by atoms with Crippen LogP contribution in [0.5, 0.6) is 0 Å². The Hall–Kier alpha value is -1.18. The number of nitrogens with one attached hydrogen (secondary N) is 4. The Labute approximate surface area is 107 Å². The van der Waals surface area contributed by atoms with E-state index in [0.717, 1.165) is 13.1 Å². The SMILES string of the molecule is COCCNC(=O)C(C)NC(=O)C1CNCCN1. The molecule has 0 aliphatic carbocycles. The van der Waals surface area contributed by atoms with Crippen LogP contribution >= 0.6 is 0 Å². The summed E-state index contributed by atoms with van der Waals surface area (Å²) in [6.45, 7) is 4.77. The molecule has 0 aromatic rings. The minimum Gasteiger partial charge on any atom is -0.383 e. The molecule has 4 N–H and O–H groups in total. The summed E-state index contributed by atoms with van der Waals surface area (Å²) < 4.78 is 4.83. The number of piperazine rings is 1. The van der Waals surface area contributed by atoms with E-state index in [9.17, 15) is 9.59 Å². The van der Waals surface area contributed by atoms with E-state index in [0.29, 0.717) is 19.7 Å². The minimum absolute atomic E-state index is 0.156. The molecule has 1 saturated heterocycles. The van der Waals surface area contributed by atoms with E-state index in [1.165, 1.54) is 0 Å². The standard InChI is InChI=1S/C11H22N4O3/c1-8(10(16)14-5-6-18-2)15-11(17)9-7-12-3-4-13-9/h8-9,12-13H,3-7H2,1-2H3,(H,14,16)(H,15,17). The van der Waals surface area contributed by atoms with Gasteiger partial charge in [-0.05, 0) is 6.92 Å². The molecule has 1 rings (SSSR count). The fourth-order valence-corrected chi connectivity index (χ4v) is 1.65. The van der Waals surface area contributed by atoms with Gasteiger partial charge in [0, 0.05) is 33.3 Å². The third-order valence-electron chi connectivity index (χ3n) is 2.71. The largest absolute Gasteiger partial charge is 0.383 e. The van der Waals surface area contributed by atoms with E-state index in [1.807, 2.05) is 0 Å². The Morgan fingerprint density at radius 2 is 2.22 bits per heavy atom. The van der Waals surface area contributed by atoms with Crippen molar-refractivity contribution < 1.29 is 14.3 Å². The molecule has 104 valence electrons. The molecule has 0 aromatic heterocycles. The molecule has 0 radical (unpaired) electrons. The van der Waals surface area contributed by atoms with Crippen molar-refractivity contribution in [2.75, 3.05) is 39.9 Å². The number of rotatable bonds is 6. The zero-order chi connectivity index (χ0) is 13.4. The number of carbonyl (C=O) groups excluding carboxylic acids is 2. The van der Waals surface area contributed by atoms with Crippen LogP contribution < -0.4 is 21.3 Å². The molecule has 2 amide bonds. The Balaban J connectivity index is 2.27. The van der Waals surface area contributed by atoms with Gasteiger partial charge in [-0.1, -0.05) is 0 Å². The zero-order valence-electron chi connectivity index (χ0n) is 10.9. The Bertz CT molecular complexity index is 279. The van der Waals surface area contributed by atoms with Crippen molar-refractivity contribution in [2.24, 2.45) is 0 Å². The number of amides is 2. The van der Waals surface area contributed by atoms with Gasteiger partial charge in [-0.3, -0.25) is 9.59 Å². The highest BCUT2D eigenvalue weighted by Crippen LogP contribution is 1.90. The second kappa shape index (κ2) is 8.02. The molecular weight excluding hydrogens is 236 g/mol. The van der Waals surface area contributed by atoms with E-state index in [4.69, 9.17) is 4.74 Å². The Morgan fingerprint density at radius 1 is 1.44 bits per heavy atom. The molecule has 2 unspecified atom stereocenters. The molecule has 0 spiro atoms. The van der Waals surface area contributed by atoms with Gasteiger partial charge < -0.3 is 26.0 Å². The first-order valence-corrected chi connectivity index (χ1v) is 6.16. The Kier molecular flexibility index (Phi) is 6.63. The molecule has 1 fully saturated rings. The van der Waals surface area contributed by atoms with Gasteiger partial charge in [0.15, 0.2) is 0 Å². The summed E-state index contributed by atoms with van der Waals surface area (Å²) in [5.74, 6) is -0.360. The van der Waals surface area contributed by atoms with Crippen LogP contribution in [0.4, 0.5) is 0 Å². The van der Waals surface area contributed by atoms with E-state index < -0.39 is 6.04 Å². The van der Waals surface area contributed by atoms with Gasteiger partial charge in [0.25, 0.3) is 0 Å². The van der Waals surface area contributed by atoms with Crippen LogP contribution in [0.1, 0.15) is 6.92 Å². The normalized spacial score (nSPS) is 21.1. The summed E-state index contributed by atoms with van der Waals surface area (Å²) in [5, 5.41) is 11.6. The van der Waals surface area contributed by atoms with Gasteiger partial charge in [-0.25, -0.2) is 0 Å². The molecule has 18 heavy (non-hydrogen) atoms. The van der Waals surface area contributed by atoms with Crippen LogP contribution in [0.25, 0.3) is 0 Å². The van der Waals surface area contributed by atoms with Crippen LogP contribution in [0.15, 0.2) is 0 Å². The first kappa shape index (κ1) is 14.9. The second-order valence-corrected chi connectivity index (χ2v) is 4.22. The summed E-state index contributed by atoms with van der Waals surface area (Å²) in [6.07, 6.45) is 0. The smallest absolute Gasteiger partial charge is 0.242 e. The van der Waals surface area contributed by atoms with Crippen LogP contribution in [-0.2, 0) is 14.3 Å². The molecule has 7 nitrogen and oxygen atoms in total. The second-order valence-electron chi connectivity index (χ2n) is 4.22. The summed E-state index contributed by atoms with van der Waals surface area (Å²) in [4.78, 5) is 23.4. The maximum Gasteiger partial charge on any atom is 0.242 e. The lowest BCUT2D eigenvalue weighted by atomic mass is 10.2. The molecule has 1 aliphatic rings. The fourth-order valence-electron chi connectivity index (χ4n) is 1.65. The van der Waals surface area contributed by atoms with E-state index >= 15 is 0 Å². The van der Waals surface area contributed by atoms with Crippen LogP contribution in [0.2, 0.25) is 0 Å². The fraction of sp³-hybridized carbons (Fsp3) is 0.818. The van der Waals surface area contributed by atoms with Crippen LogP contribution in [-0.4, -0.2) is 63.8 Å². The number of carbonyl (C=O) groups is 2. The summed E-state index contributed by atoms with van der Waals surface area (Å²) >= 11 is 0. The highest BCUT2D eigenvalue weighted by atomic mass is 16.5. The molecular formula is C11H22N4O3. The summed E-state index contributed by atoms with van der Waals surface area (Å²) in [6, 6.07) is -0.814. The average Bonchev–Trinajstić information content (AvgIpc) is 2.39. The van der Waals surface area contributed by atoms with Crippen LogP contribution in [0, 0.1) is 0 Å². The quantitative estimate of drug-likeness (QED) is 0.406. The van der Waals surface area contributed by atoms with E-state index in [1.54, 1.807) is 14.0 Å². The topological polar surface area (TPSA) is 91.5 Å². The first-order chi connectivity index (χ1) is 8.65. The van der Waals surface area contributed by atoms with Crippen LogP contribution in [0.3, 0.4) is 0 Å². The molecule has 0 bridgehead atoms. The average molecular weight is 258 g/mol. The lowest BCUT2D eigenvalue weighted by molar-refractivity contribution is -0.129. The highest BCUT2D eigenvalue weighted by molar-refractivity contribution is 5.89. The van der Waals surface area contributed by atoms with Crippen molar-refractivity contribution in [2.45, 2.75) is 19.0 Å². The van der Waals surface area contributed by atoms with E-state index in [-0.39, 0.29) is 17.9 Å². The van der Waals surface area contributed by atoms with Crippen molar-refractivity contribution in [1.82, 2.24) is 21.3 Å². The molecule has 1 heterocycles. The minimum atomic E-state index is -0.543.